The van der Waals surface area contributed by atoms with Gasteiger partial charge in [-0.25, -0.2) is 4.39 Å². The van der Waals surface area contributed by atoms with E-state index in [-0.39, 0.29) is 11.7 Å². The molecule has 0 aliphatic rings. The van der Waals surface area contributed by atoms with Gasteiger partial charge in [-0.3, -0.25) is 4.39 Å². The van der Waals surface area contributed by atoms with Gasteiger partial charge in [0.05, 0.1) is 6.67 Å². The van der Waals surface area contributed by atoms with E-state index in [9.17, 15) is 8.78 Å². The minimum Gasteiger partial charge on any atom is -0.330 e. The smallest absolute Gasteiger partial charge is 0.123 e. The Balaban J connectivity index is 2.78. The van der Waals surface area contributed by atoms with Gasteiger partial charge >= 0.3 is 0 Å². The Bertz CT molecular complexity index is 263. The number of benzene rings is 1. The highest BCUT2D eigenvalue weighted by Crippen LogP contribution is 2.20. The van der Waals surface area contributed by atoms with Crippen LogP contribution in [0.5, 0.6) is 0 Å². The van der Waals surface area contributed by atoms with Crippen molar-refractivity contribution in [3.8, 4) is 0 Å². The summed E-state index contributed by atoms with van der Waals surface area (Å²) < 4.78 is 25.2. The normalized spacial score (nSPS) is 12.8. The van der Waals surface area contributed by atoms with Gasteiger partial charge in [-0.05, 0) is 30.7 Å². The van der Waals surface area contributed by atoms with Crippen LogP contribution in [0.15, 0.2) is 24.3 Å². The van der Waals surface area contributed by atoms with Gasteiger partial charge in [0.2, 0.25) is 0 Å². The summed E-state index contributed by atoms with van der Waals surface area (Å²) in [5.74, 6) is -0.589. The molecule has 0 aliphatic heterocycles. The summed E-state index contributed by atoms with van der Waals surface area (Å²) in [6, 6.07) is 6.02. The van der Waals surface area contributed by atoms with Gasteiger partial charge in [0, 0.05) is 5.92 Å². The van der Waals surface area contributed by atoms with Crippen LogP contribution in [0.1, 0.15) is 17.9 Å². The lowest BCUT2D eigenvalue weighted by Gasteiger charge is -2.11. The second-order valence-corrected chi connectivity index (χ2v) is 2.98. The number of hydrogen-bond donors (Lipinski definition) is 1. The molecule has 1 unspecified atom stereocenters. The van der Waals surface area contributed by atoms with Gasteiger partial charge in [0.25, 0.3) is 0 Å². The number of nitrogens with two attached hydrogens (primary N) is 1. The van der Waals surface area contributed by atoms with Crippen LogP contribution < -0.4 is 5.73 Å². The van der Waals surface area contributed by atoms with Crippen molar-refractivity contribution in [2.45, 2.75) is 12.3 Å². The molecule has 1 aromatic rings. The van der Waals surface area contributed by atoms with Crippen molar-refractivity contribution >= 4 is 0 Å². The lowest BCUT2D eigenvalue weighted by atomic mass is 9.97. The predicted molar refractivity (Wildman–Crippen MR) is 48.8 cm³/mol. The second-order valence-electron chi connectivity index (χ2n) is 2.98. The summed E-state index contributed by atoms with van der Waals surface area (Å²) in [4.78, 5) is 0. The minimum absolute atomic E-state index is 0.263. The molecule has 0 saturated heterocycles. The number of alkyl halides is 1. The van der Waals surface area contributed by atoms with Crippen molar-refractivity contribution in [2.75, 3.05) is 13.2 Å². The van der Waals surface area contributed by atoms with E-state index in [0.717, 1.165) is 0 Å². The highest BCUT2D eigenvalue weighted by Gasteiger charge is 2.10. The van der Waals surface area contributed by atoms with Crippen LogP contribution in [0.3, 0.4) is 0 Å². The topological polar surface area (TPSA) is 26.0 Å². The van der Waals surface area contributed by atoms with Gasteiger partial charge in [-0.2, -0.15) is 0 Å². The molecule has 72 valence electrons. The zero-order valence-corrected chi connectivity index (χ0v) is 7.34. The maximum atomic E-state index is 12.8. The van der Waals surface area contributed by atoms with E-state index in [2.05, 4.69) is 0 Å². The summed E-state index contributed by atoms with van der Waals surface area (Å²) in [7, 11) is 0. The Hall–Kier alpha value is -0.960. The molecule has 1 rings (SSSR count). The SMILES string of the molecule is NCCC(CF)c1cccc(F)c1. The third kappa shape index (κ3) is 2.77. The molecule has 0 fully saturated rings. The standard InChI is InChI=1S/C10H13F2N/c11-7-9(4-5-13)8-2-1-3-10(12)6-8/h1-3,6,9H,4-5,7,13H2. The molecule has 3 heteroatoms. The lowest BCUT2D eigenvalue weighted by molar-refractivity contribution is 0.417. The van der Waals surface area contributed by atoms with Crippen molar-refractivity contribution < 1.29 is 8.78 Å². The van der Waals surface area contributed by atoms with Crippen LogP contribution in [0.4, 0.5) is 8.78 Å². The van der Waals surface area contributed by atoms with E-state index in [1.807, 2.05) is 0 Å². The predicted octanol–water partition coefficient (Wildman–Crippen LogP) is 2.23. The molecule has 0 spiro atoms. The summed E-state index contributed by atoms with van der Waals surface area (Å²) in [5.41, 5.74) is 6.01. The van der Waals surface area contributed by atoms with E-state index in [0.29, 0.717) is 18.5 Å². The Kier molecular flexibility index (Phi) is 3.83. The lowest BCUT2D eigenvalue weighted by Crippen LogP contribution is -2.09. The fourth-order valence-corrected chi connectivity index (χ4v) is 1.29. The average molecular weight is 185 g/mol. The molecule has 0 saturated carbocycles. The van der Waals surface area contributed by atoms with Crippen molar-refractivity contribution in [1.29, 1.82) is 0 Å². The fraction of sp³-hybridized carbons (Fsp3) is 0.400. The summed E-state index contributed by atoms with van der Waals surface area (Å²) in [6.07, 6.45) is 0.556. The molecular formula is C10H13F2N. The number of halogens is 2. The molecule has 1 atom stereocenters. The summed E-state index contributed by atoms with van der Waals surface area (Å²) in [5, 5.41) is 0. The van der Waals surface area contributed by atoms with Gasteiger partial charge < -0.3 is 5.73 Å². The molecule has 0 radical (unpaired) electrons. The first-order valence-corrected chi connectivity index (χ1v) is 4.29. The van der Waals surface area contributed by atoms with Gasteiger partial charge in [-0.15, -0.1) is 0 Å². The maximum absolute atomic E-state index is 12.8. The average Bonchev–Trinajstić information content (AvgIpc) is 2.14. The highest BCUT2D eigenvalue weighted by atomic mass is 19.1. The second kappa shape index (κ2) is 4.92. The largest absolute Gasteiger partial charge is 0.330 e. The number of rotatable bonds is 4. The zero-order chi connectivity index (χ0) is 9.68. The van der Waals surface area contributed by atoms with E-state index >= 15 is 0 Å². The highest BCUT2D eigenvalue weighted by molar-refractivity contribution is 5.20. The van der Waals surface area contributed by atoms with Crippen LogP contribution in [0, 0.1) is 5.82 Å². The van der Waals surface area contributed by atoms with E-state index in [4.69, 9.17) is 5.73 Å². The van der Waals surface area contributed by atoms with Gasteiger partial charge in [0.1, 0.15) is 5.82 Å². The molecule has 0 aliphatic carbocycles. The molecule has 0 aromatic heterocycles. The third-order valence-corrected chi connectivity index (χ3v) is 2.02. The molecule has 2 N–H and O–H groups in total. The Labute approximate surface area is 76.6 Å². The first-order chi connectivity index (χ1) is 6.27. The monoisotopic (exact) mass is 185 g/mol. The quantitative estimate of drug-likeness (QED) is 0.764. The zero-order valence-electron chi connectivity index (χ0n) is 7.34. The van der Waals surface area contributed by atoms with Crippen LogP contribution in [0.2, 0.25) is 0 Å². The summed E-state index contributed by atoms with van der Waals surface area (Å²) >= 11 is 0. The van der Waals surface area contributed by atoms with E-state index in [1.165, 1.54) is 12.1 Å². The molecule has 1 nitrogen and oxygen atoms in total. The van der Waals surface area contributed by atoms with Crippen LogP contribution in [-0.4, -0.2) is 13.2 Å². The minimum atomic E-state index is -0.485. The molecular weight excluding hydrogens is 172 g/mol. The summed E-state index contributed by atoms with van der Waals surface area (Å²) in [6.45, 7) is -0.0637. The molecule has 0 amide bonds. The third-order valence-electron chi connectivity index (χ3n) is 2.02. The molecule has 0 bridgehead atoms. The Morgan fingerprint density at radius 2 is 2.15 bits per heavy atom. The fourth-order valence-electron chi connectivity index (χ4n) is 1.29. The van der Waals surface area contributed by atoms with Crippen molar-refractivity contribution in [2.24, 2.45) is 5.73 Å². The number of hydrogen-bond acceptors (Lipinski definition) is 1. The molecule has 13 heavy (non-hydrogen) atoms. The molecule has 1 aromatic carbocycles. The van der Waals surface area contributed by atoms with E-state index in [1.54, 1.807) is 12.1 Å². The first-order valence-electron chi connectivity index (χ1n) is 4.29. The van der Waals surface area contributed by atoms with E-state index < -0.39 is 6.67 Å². The van der Waals surface area contributed by atoms with Crippen LogP contribution in [-0.2, 0) is 0 Å². The van der Waals surface area contributed by atoms with Crippen molar-refractivity contribution in [1.82, 2.24) is 0 Å². The van der Waals surface area contributed by atoms with Crippen LogP contribution >= 0.6 is 0 Å². The maximum Gasteiger partial charge on any atom is 0.123 e. The Morgan fingerprint density at radius 3 is 2.69 bits per heavy atom. The van der Waals surface area contributed by atoms with Crippen LogP contribution in [0.25, 0.3) is 0 Å². The van der Waals surface area contributed by atoms with Gasteiger partial charge in [0.15, 0.2) is 0 Å². The van der Waals surface area contributed by atoms with Crippen molar-refractivity contribution in [3.05, 3.63) is 35.6 Å². The Morgan fingerprint density at radius 1 is 1.38 bits per heavy atom. The molecule has 0 heterocycles. The van der Waals surface area contributed by atoms with Gasteiger partial charge in [-0.1, -0.05) is 12.1 Å². The van der Waals surface area contributed by atoms with Crippen molar-refractivity contribution in [3.63, 3.8) is 0 Å². The first kappa shape index (κ1) is 10.1.